The van der Waals surface area contributed by atoms with Crippen LogP contribution in [0.3, 0.4) is 0 Å². The van der Waals surface area contributed by atoms with Crippen molar-refractivity contribution in [1.82, 2.24) is 0 Å². The van der Waals surface area contributed by atoms with E-state index in [9.17, 15) is 22.8 Å². The molecule has 0 aliphatic carbocycles. The molecule has 0 atom stereocenters. The molecule has 3 aromatic rings. The van der Waals surface area contributed by atoms with Crippen LogP contribution in [0.25, 0.3) is 0 Å². The molecule has 0 unspecified atom stereocenters. The molecule has 0 bridgehead atoms. The molecule has 42 heavy (non-hydrogen) atoms. The quantitative estimate of drug-likeness (QED) is 0.0845. The lowest BCUT2D eigenvalue weighted by atomic mass is 9.86. The molecule has 3 rings (SSSR count). The van der Waals surface area contributed by atoms with E-state index in [1.165, 1.54) is 23.8 Å². The van der Waals surface area contributed by atoms with E-state index in [-0.39, 0.29) is 41.3 Å². The van der Waals surface area contributed by atoms with Gasteiger partial charge in [-0.05, 0) is 79.8 Å². The van der Waals surface area contributed by atoms with Crippen LogP contribution in [0.4, 0.5) is 13.2 Å². The second kappa shape index (κ2) is 13.1. The summed E-state index contributed by atoms with van der Waals surface area (Å²) in [6.45, 7) is 11.6. The molecule has 10 heteroatoms. The summed E-state index contributed by atoms with van der Waals surface area (Å²) in [5.74, 6) is -1.64. The average molecular weight is 586 g/mol. The second-order valence-electron chi connectivity index (χ2n) is 11.4. The number of oxime groups is 1. The number of nitrogens with zero attached hydrogens (tertiary/aromatic N) is 1. The SMILES string of the molecule is CC(C)(C)OC(=O)c1ccc(OCCON=Cc2cccc(C(C)(C)C)c2)cc1OC(=O)c1ccc(C(F)(F)F)cc1. The molecule has 224 valence electrons. The number of halogens is 3. The second-order valence-corrected chi connectivity index (χ2v) is 11.4. The molecule has 0 amide bonds. The summed E-state index contributed by atoms with van der Waals surface area (Å²) in [7, 11) is 0. The summed E-state index contributed by atoms with van der Waals surface area (Å²) >= 11 is 0. The van der Waals surface area contributed by atoms with Crippen LogP contribution in [0.2, 0.25) is 0 Å². The number of esters is 2. The molecule has 0 heterocycles. The molecular formula is C32H34F3NO6. The van der Waals surface area contributed by atoms with E-state index < -0.39 is 29.3 Å². The normalized spacial score (nSPS) is 12.2. The van der Waals surface area contributed by atoms with Gasteiger partial charge < -0.3 is 19.0 Å². The lowest BCUT2D eigenvalue weighted by Crippen LogP contribution is -2.24. The number of carbonyl (C=O) groups is 2. The van der Waals surface area contributed by atoms with E-state index in [0.717, 1.165) is 29.8 Å². The van der Waals surface area contributed by atoms with E-state index in [2.05, 4.69) is 32.0 Å². The molecule has 0 saturated carbocycles. The third kappa shape index (κ3) is 9.64. The van der Waals surface area contributed by atoms with Crippen molar-refractivity contribution in [2.45, 2.75) is 58.7 Å². The van der Waals surface area contributed by atoms with E-state index in [1.807, 2.05) is 18.2 Å². The highest BCUT2D eigenvalue weighted by Gasteiger charge is 2.30. The van der Waals surface area contributed by atoms with E-state index in [1.54, 1.807) is 27.0 Å². The minimum absolute atomic E-state index is 0.00248. The molecule has 0 aromatic heterocycles. The molecule has 0 spiro atoms. The van der Waals surface area contributed by atoms with Gasteiger partial charge in [0.1, 0.15) is 29.3 Å². The molecule has 0 aliphatic heterocycles. The minimum Gasteiger partial charge on any atom is -0.490 e. The van der Waals surface area contributed by atoms with Crippen LogP contribution in [0.5, 0.6) is 11.5 Å². The van der Waals surface area contributed by atoms with Crippen LogP contribution in [0, 0.1) is 0 Å². The van der Waals surface area contributed by atoms with Crippen molar-refractivity contribution >= 4 is 18.2 Å². The topological polar surface area (TPSA) is 83.4 Å². The summed E-state index contributed by atoms with van der Waals surface area (Å²) in [5.41, 5.74) is 0.128. The molecule has 0 N–H and O–H groups in total. The zero-order chi connectivity index (χ0) is 31.1. The van der Waals surface area contributed by atoms with Gasteiger partial charge in [-0.3, -0.25) is 0 Å². The smallest absolute Gasteiger partial charge is 0.416 e. The summed E-state index contributed by atoms with van der Waals surface area (Å²) in [5, 5.41) is 3.97. The Labute approximate surface area is 243 Å². The number of alkyl halides is 3. The van der Waals surface area contributed by atoms with Crippen molar-refractivity contribution in [2.75, 3.05) is 13.2 Å². The first kappa shape index (κ1) is 32.2. The fourth-order valence-electron chi connectivity index (χ4n) is 3.57. The summed E-state index contributed by atoms with van der Waals surface area (Å²) < 4.78 is 55.2. The summed E-state index contributed by atoms with van der Waals surface area (Å²) in [6, 6.07) is 15.7. The number of rotatable bonds is 9. The van der Waals surface area contributed by atoms with E-state index in [0.29, 0.717) is 0 Å². The molecule has 7 nitrogen and oxygen atoms in total. The van der Waals surface area contributed by atoms with Gasteiger partial charge in [0.2, 0.25) is 0 Å². The number of hydrogen-bond acceptors (Lipinski definition) is 7. The van der Waals surface area contributed by atoms with E-state index in [4.69, 9.17) is 19.0 Å². The van der Waals surface area contributed by atoms with Crippen LogP contribution >= 0.6 is 0 Å². The van der Waals surface area contributed by atoms with Gasteiger partial charge in [0.25, 0.3) is 0 Å². The molecule has 0 aliphatic rings. The Bertz CT molecular complexity index is 1420. The Hall–Kier alpha value is -4.34. The van der Waals surface area contributed by atoms with Gasteiger partial charge in [0.15, 0.2) is 6.61 Å². The Morgan fingerprint density at radius 3 is 2.12 bits per heavy atom. The van der Waals surface area contributed by atoms with Gasteiger partial charge in [-0.2, -0.15) is 13.2 Å². The third-order valence-corrected chi connectivity index (χ3v) is 5.69. The van der Waals surface area contributed by atoms with Gasteiger partial charge in [0.05, 0.1) is 17.3 Å². The van der Waals surface area contributed by atoms with Gasteiger partial charge in [0, 0.05) is 6.07 Å². The predicted octanol–water partition coefficient (Wildman–Crippen LogP) is 7.61. The van der Waals surface area contributed by atoms with Crippen LogP contribution in [0.1, 0.15) is 78.9 Å². The molecule has 0 fully saturated rings. The van der Waals surface area contributed by atoms with Crippen molar-refractivity contribution in [3.8, 4) is 11.5 Å². The standard InChI is InChI=1S/C32H34F3NO6/c1-30(2,3)24-9-7-8-21(18-24)20-36-40-17-16-39-25-14-15-26(29(38)42-31(4,5)6)27(19-25)41-28(37)22-10-12-23(13-11-22)32(33,34)35/h7-15,18-20H,16-17H2,1-6H3. The Balaban J connectivity index is 1.68. The summed E-state index contributed by atoms with van der Waals surface area (Å²) in [6.07, 6.45) is -2.95. The van der Waals surface area contributed by atoms with Crippen LogP contribution in [0.15, 0.2) is 71.9 Å². The Kier molecular flexibility index (Phi) is 10.0. The lowest BCUT2D eigenvalue weighted by molar-refractivity contribution is -0.137. The predicted molar refractivity (Wildman–Crippen MR) is 152 cm³/mol. The van der Waals surface area contributed by atoms with Crippen LogP contribution in [-0.4, -0.2) is 37.0 Å². The summed E-state index contributed by atoms with van der Waals surface area (Å²) in [4.78, 5) is 30.8. The van der Waals surface area contributed by atoms with Gasteiger partial charge in [-0.25, -0.2) is 9.59 Å². The van der Waals surface area contributed by atoms with Crippen molar-refractivity contribution < 1.29 is 41.8 Å². The zero-order valence-electron chi connectivity index (χ0n) is 24.4. The number of carbonyl (C=O) groups excluding carboxylic acids is 2. The first-order valence-electron chi connectivity index (χ1n) is 13.2. The largest absolute Gasteiger partial charge is 0.490 e. The van der Waals surface area contributed by atoms with Crippen molar-refractivity contribution in [3.63, 3.8) is 0 Å². The maximum atomic E-state index is 12.9. The number of hydrogen-bond donors (Lipinski definition) is 0. The number of benzene rings is 3. The van der Waals surface area contributed by atoms with Gasteiger partial charge in [-0.15, -0.1) is 0 Å². The highest BCUT2D eigenvalue weighted by Crippen LogP contribution is 2.31. The van der Waals surface area contributed by atoms with Crippen molar-refractivity contribution in [2.24, 2.45) is 5.16 Å². The van der Waals surface area contributed by atoms with Gasteiger partial charge in [-0.1, -0.05) is 44.1 Å². The number of ether oxygens (including phenoxy) is 3. The van der Waals surface area contributed by atoms with E-state index >= 15 is 0 Å². The Morgan fingerprint density at radius 1 is 0.810 bits per heavy atom. The third-order valence-electron chi connectivity index (χ3n) is 5.69. The minimum atomic E-state index is -4.55. The van der Waals surface area contributed by atoms with Crippen LogP contribution in [-0.2, 0) is 21.2 Å². The molecule has 3 aromatic carbocycles. The van der Waals surface area contributed by atoms with Gasteiger partial charge >= 0.3 is 18.1 Å². The average Bonchev–Trinajstić information content (AvgIpc) is 2.89. The van der Waals surface area contributed by atoms with Crippen molar-refractivity contribution in [3.05, 3.63) is 94.5 Å². The fourth-order valence-corrected chi connectivity index (χ4v) is 3.57. The molecule has 0 radical (unpaired) electrons. The lowest BCUT2D eigenvalue weighted by Gasteiger charge is -2.20. The highest BCUT2D eigenvalue weighted by atomic mass is 19.4. The highest BCUT2D eigenvalue weighted by molar-refractivity contribution is 5.96. The first-order chi connectivity index (χ1) is 19.5. The molecule has 0 saturated heterocycles. The van der Waals surface area contributed by atoms with Crippen LogP contribution < -0.4 is 9.47 Å². The fraction of sp³-hybridized carbons (Fsp3) is 0.344. The van der Waals surface area contributed by atoms with Crippen molar-refractivity contribution in [1.29, 1.82) is 0 Å². The maximum Gasteiger partial charge on any atom is 0.416 e. The zero-order valence-corrected chi connectivity index (χ0v) is 24.4. The maximum absolute atomic E-state index is 12.9. The Morgan fingerprint density at radius 2 is 1.50 bits per heavy atom. The first-order valence-corrected chi connectivity index (χ1v) is 13.2. The monoisotopic (exact) mass is 585 g/mol. The molecular weight excluding hydrogens is 551 g/mol.